The van der Waals surface area contributed by atoms with Gasteiger partial charge in [0.15, 0.2) is 12.1 Å². The molecule has 548 valence electrons. The molecule has 2 aliphatic rings. The summed E-state index contributed by atoms with van der Waals surface area (Å²) in [5.41, 5.74) is -0.0185. The normalized spacial score (nSPS) is 22.9. The summed E-state index contributed by atoms with van der Waals surface area (Å²) < 4.78 is 11.1. The number of carbonyl (C=O) groups is 4. The number of Topliss-reactive ketones (excluding diaryl/α,β-unsaturated/α-hetero) is 2. The van der Waals surface area contributed by atoms with Crippen molar-refractivity contribution in [1.82, 2.24) is 10.6 Å². The molecule has 1 aliphatic carbocycles. The fraction of sp³-hybridized carbons (Fsp3) is 0.595. The molecule has 23 nitrogen and oxygen atoms in total. The Balaban J connectivity index is 0.000000998. The third kappa shape index (κ3) is 43.3. The second-order valence-corrected chi connectivity index (χ2v) is 25.2. The lowest BCUT2D eigenvalue weighted by molar-refractivity contribution is -0.302. The molecule has 0 radical (unpaired) electrons. The molecule has 0 saturated carbocycles. The number of nitrogens with one attached hydrogen (secondary N) is 2. The van der Waals surface area contributed by atoms with Gasteiger partial charge in [-0.05, 0) is 84.5 Å². The van der Waals surface area contributed by atoms with Crippen LogP contribution < -0.4 is 10.6 Å². The molecule has 1 heterocycles. The molecular weight excluding hydrogens is 1250 g/mol. The van der Waals surface area contributed by atoms with Gasteiger partial charge in [-0.1, -0.05) is 167 Å². The average Bonchev–Trinajstić information content (AvgIpc) is 1.79. The van der Waals surface area contributed by atoms with E-state index in [1.165, 1.54) is 31.2 Å². The maximum Gasteiger partial charge on any atom is 0.248 e. The van der Waals surface area contributed by atoms with Crippen molar-refractivity contribution >= 4 is 23.4 Å². The minimum Gasteiger partial charge on any atom is -0.510 e. The largest absolute Gasteiger partial charge is 0.510 e. The van der Waals surface area contributed by atoms with Gasteiger partial charge in [-0.2, -0.15) is 0 Å². The molecular formula is C74H116N2O21. The zero-order chi connectivity index (χ0) is 72.8. The van der Waals surface area contributed by atoms with Crippen molar-refractivity contribution in [1.29, 1.82) is 0 Å². The third-order valence-electron chi connectivity index (χ3n) is 15.7. The van der Waals surface area contributed by atoms with Gasteiger partial charge in [-0.15, -0.1) is 0 Å². The average molecular weight is 1370 g/mol. The number of aliphatic hydroxyl groups is 15. The van der Waals surface area contributed by atoms with Crippen molar-refractivity contribution in [2.24, 2.45) is 17.8 Å². The molecule has 1 aliphatic heterocycles. The van der Waals surface area contributed by atoms with Gasteiger partial charge in [0.25, 0.3) is 0 Å². The van der Waals surface area contributed by atoms with E-state index in [1.807, 2.05) is 99.8 Å². The third-order valence-corrected chi connectivity index (χ3v) is 15.7. The first-order valence-electron chi connectivity index (χ1n) is 33.8. The molecule has 0 spiro atoms. The topological polar surface area (TPSA) is 414 Å². The van der Waals surface area contributed by atoms with Crippen molar-refractivity contribution in [3.05, 3.63) is 157 Å². The second-order valence-electron chi connectivity index (χ2n) is 25.2. The molecule has 19 atom stereocenters. The van der Waals surface area contributed by atoms with Crippen LogP contribution in [0, 0.1) is 17.8 Å². The van der Waals surface area contributed by atoms with Crippen LogP contribution in [0.25, 0.3) is 0 Å². The highest BCUT2D eigenvalue weighted by Gasteiger charge is 2.43. The number of hydrogen-bond acceptors (Lipinski definition) is 21. The quantitative estimate of drug-likeness (QED) is 0.0161. The predicted molar refractivity (Wildman–Crippen MR) is 372 cm³/mol. The number of ether oxygens (including phenoxy) is 2. The van der Waals surface area contributed by atoms with Crippen LogP contribution in [0.4, 0.5) is 0 Å². The summed E-state index contributed by atoms with van der Waals surface area (Å²) in [7, 11) is 0. The first kappa shape index (κ1) is 89.1. The minimum atomic E-state index is -1.32. The molecule has 17 N–H and O–H groups in total. The van der Waals surface area contributed by atoms with Gasteiger partial charge in [-0.25, -0.2) is 0 Å². The van der Waals surface area contributed by atoms with Crippen LogP contribution in [0.2, 0.25) is 0 Å². The molecule has 2 rings (SSSR count). The van der Waals surface area contributed by atoms with Crippen LogP contribution >= 0.6 is 0 Å². The standard InChI is InChI=1S/C43H59NO10.C31H57NO11/c1-30(24-20-16-12-8-5-6-11-15-19-23-27-37(48)44-38-35(46)28-29-36(38)47)39(49)32(3)34(45)26-22-18-14-10-7-9-13-17-21-25-31(2)53-43-42(52)41(51)40(50)33(4)54-43;1-20(2)31(43)19-30(42)18-29(41)16-25(37)10-5-9-24(36)15-28(40)17-27(39)14-23(35)8-4-7-22(34)13-26(38)11-6-12-32-21(3)33/h5-11,13-15,17-24,26-27,30-34,39-43,45-46,49-52H,12,16,25,28-29H2,1-4H3,(H,44,48);4-5,8,10,20,22-30,34-42H,6-7,9,11-19H2,1-3H3,(H,32,33)/b8-5+,10-7+,11-6+,13-9+,18-14+,19-15+,21-17+,24-20+,26-22+,27-23+;8-4+,10-5+. The molecule has 0 aromatic heterocycles. The van der Waals surface area contributed by atoms with Crippen LogP contribution in [0.5, 0.6) is 0 Å². The van der Waals surface area contributed by atoms with Gasteiger partial charge < -0.3 is 96.7 Å². The summed E-state index contributed by atoms with van der Waals surface area (Å²) in [6.07, 6.45) is 30.0. The van der Waals surface area contributed by atoms with E-state index in [1.54, 1.807) is 63.3 Å². The summed E-state index contributed by atoms with van der Waals surface area (Å²) in [6, 6.07) is 0. The SMILES string of the molecule is CC(=O)NCCCC(O)CC(O)C/C=C/C(O)CC(O)CC(O)CC(O)C/C=C/C(O)CC(O)CC(O)CC(=O)C(C)C.CC(C/C=C/C=C/C=C/C=C/C=C/C(O)C(C)C(O)C(C)/C=C/CC/C=C/C=C/C=C/C=C/C(=O)NC1=C(O)CCC1=O)OC1OC(C)C(O)C(O)C1O. The summed E-state index contributed by atoms with van der Waals surface area (Å²) in [4.78, 5) is 45.9. The second kappa shape index (κ2) is 52.1. The zero-order valence-corrected chi connectivity index (χ0v) is 57.6. The predicted octanol–water partition coefficient (Wildman–Crippen LogP) is 5.19. The smallest absolute Gasteiger partial charge is 0.248 e. The molecule has 0 aromatic carbocycles. The fourth-order valence-electron chi connectivity index (χ4n) is 9.83. The molecule has 23 heteroatoms. The van der Waals surface area contributed by atoms with Crippen molar-refractivity contribution < 1.29 is 105 Å². The Morgan fingerprint density at radius 1 is 0.557 bits per heavy atom. The first-order valence-corrected chi connectivity index (χ1v) is 33.8. The van der Waals surface area contributed by atoms with Gasteiger partial charge >= 0.3 is 0 Å². The first-order chi connectivity index (χ1) is 45.9. The van der Waals surface area contributed by atoms with Crippen LogP contribution in [0.15, 0.2) is 157 Å². The fourth-order valence-corrected chi connectivity index (χ4v) is 9.83. The van der Waals surface area contributed by atoms with E-state index >= 15 is 0 Å². The number of carbonyl (C=O) groups excluding carboxylic acids is 4. The van der Waals surface area contributed by atoms with E-state index in [9.17, 15) is 95.8 Å². The highest BCUT2D eigenvalue weighted by molar-refractivity contribution is 6.03. The van der Waals surface area contributed by atoms with Crippen LogP contribution in [0.1, 0.15) is 151 Å². The van der Waals surface area contributed by atoms with Crippen LogP contribution in [-0.4, -0.2) is 210 Å². The minimum absolute atomic E-state index is 0.0185. The summed E-state index contributed by atoms with van der Waals surface area (Å²) in [6.45, 7) is 12.5. The van der Waals surface area contributed by atoms with Gasteiger partial charge in [0.05, 0.1) is 79.4 Å². The number of allylic oxidation sites excluding steroid dienone is 18. The van der Waals surface area contributed by atoms with Crippen LogP contribution in [0.3, 0.4) is 0 Å². The number of aliphatic hydroxyl groups excluding tert-OH is 15. The Bertz CT molecular complexity index is 2640. The monoisotopic (exact) mass is 1370 g/mol. The van der Waals surface area contributed by atoms with Crippen LogP contribution in [-0.2, 0) is 28.7 Å². The molecule has 0 aromatic rings. The molecule has 19 unspecified atom stereocenters. The zero-order valence-electron chi connectivity index (χ0n) is 57.6. The Labute approximate surface area is 573 Å². The van der Waals surface area contributed by atoms with Crippen molar-refractivity contribution in [2.45, 2.75) is 255 Å². The molecule has 1 saturated heterocycles. The van der Waals surface area contributed by atoms with E-state index in [2.05, 4.69) is 10.6 Å². The Morgan fingerprint density at radius 2 is 1.06 bits per heavy atom. The van der Waals surface area contributed by atoms with E-state index < -0.39 is 104 Å². The lowest BCUT2D eigenvalue weighted by Crippen LogP contribution is -2.57. The van der Waals surface area contributed by atoms with E-state index in [0.717, 1.165) is 12.8 Å². The number of ketones is 2. The number of hydrogen-bond donors (Lipinski definition) is 17. The number of rotatable bonds is 46. The maximum absolute atomic E-state index is 11.8. The maximum atomic E-state index is 11.8. The summed E-state index contributed by atoms with van der Waals surface area (Å²) in [5, 5.41) is 156. The van der Waals surface area contributed by atoms with Gasteiger partial charge in [-0.3, -0.25) is 19.2 Å². The van der Waals surface area contributed by atoms with Gasteiger partial charge in [0.1, 0.15) is 35.6 Å². The van der Waals surface area contributed by atoms with E-state index in [-0.39, 0.29) is 123 Å². The van der Waals surface area contributed by atoms with Crippen molar-refractivity contribution in [3.63, 3.8) is 0 Å². The van der Waals surface area contributed by atoms with Gasteiger partial charge in [0, 0.05) is 69.4 Å². The lowest BCUT2D eigenvalue weighted by Gasteiger charge is -2.39. The number of amides is 2. The van der Waals surface area contributed by atoms with E-state index in [4.69, 9.17) is 9.47 Å². The lowest BCUT2D eigenvalue weighted by atomic mass is 9.88. The Morgan fingerprint density at radius 3 is 1.62 bits per heavy atom. The van der Waals surface area contributed by atoms with E-state index in [0.29, 0.717) is 25.8 Å². The Kier molecular flexibility index (Phi) is 47.9. The van der Waals surface area contributed by atoms with Crippen molar-refractivity contribution in [3.8, 4) is 0 Å². The summed E-state index contributed by atoms with van der Waals surface area (Å²) in [5.74, 6) is -1.77. The Hall–Kier alpha value is -5.94. The molecule has 0 bridgehead atoms. The molecule has 2 amide bonds. The highest BCUT2D eigenvalue weighted by Crippen LogP contribution is 2.25. The summed E-state index contributed by atoms with van der Waals surface area (Å²) >= 11 is 0. The van der Waals surface area contributed by atoms with Gasteiger partial charge in [0.2, 0.25) is 11.8 Å². The highest BCUT2D eigenvalue weighted by atomic mass is 16.7. The number of unbranched alkanes of at least 4 members (excludes halogenated alkanes) is 1. The molecule has 1 fully saturated rings. The molecule has 97 heavy (non-hydrogen) atoms. The van der Waals surface area contributed by atoms with Crippen molar-refractivity contribution in [2.75, 3.05) is 6.54 Å².